The summed E-state index contributed by atoms with van der Waals surface area (Å²) in [4.78, 5) is 20.4. The van der Waals surface area contributed by atoms with Crippen LogP contribution in [0.4, 0.5) is 10.8 Å². The zero-order valence-corrected chi connectivity index (χ0v) is 21.1. The number of hydrogen-bond donors (Lipinski definition) is 1. The van der Waals surface area contributed by atoms with E-state index in [0.29, 0.717) is 5.56 Å². The van der Waals surface area contributed by atoms with Gasteiger partial charge in [0, 0.05) is 56.4 Å². The Hall–Kier alpha value is -4.04. The van der Waals surface area contributed by atoms with Gasteiger partial charge in [0.25, 0.3) is 0 Å². The number of likely N-dealkylation sites (tertiary alicyclic amines) is 1. The van der Waals surface area contributed by atoms with Crippen LogP contribution in [0.25, 0.3) is 27.5 Å². The lowest BCUT2D eigenvalue weighted by Gasteiger charge is -2.59. The lowest BCUT2D eigenvalue weighted by Crippen LogP contribution is -2.72. The highest BCUT2D eigenvalue weighted by atomic mass is 32.1. The topological polar surface area (TPSA) is 115 Å². The maximum atomic E-state index is 11.5. The van der Waals surface area contributed by atoms with Crippen molar-refractivity contribution in [3.05, 3.63) is 42.2 Å². The fourth-order valence-electron chi connectivity index (χ4n) is 4.99. The maximum absolute atomic E-state index is 11.5. The smallest absolute Gasteiger partial charge is 0.219 e. The number of pyridine rings is 1. The molecular weight excluding hydrogens is 474 g/mol. The highest BCUT2D eigenvalue weighted by molar-refractivity contribution is 7.18. The minimum Gasteiger partial charge on any atom is -0.382 e. The second-order valence-electron chi connectivity index (χ2n) is 9.95. The summed E-state index contributed by atoms with van der Waals surface area (Å²) in [6.07, 6.45) is 3.39. The summed E-state index contributed by atoms with van der Waals surface area (Å²) < 4.78 is 1.79. The molecule has 1 N–H and O–H groups in total. The summed E-state index contributed by atoms with van der Waals surface area (Å²) >= 11 is 1.56. The first-order valence-electron chi connectivity index (χ1n) is 11.8. The van der Waals surface area contributed by atoms with Crippen LogP contribution in [0.5, 0.6) is 0 Å². The van der Waals surface area contributed by atoms with Crippen LogP contribution < -0.4 is 10.2 Å². The third-order valence-electron chi connectivity index (χ3n) is 6.71. The van der Waals surface area contributed by atoms with Gasteiger partial charge in [-0.05, 0) is 38.1 Å². The van der Waals surface area contributed by atoms with Gasteiger partial charge in [0.2, 0.25) is 11.0 Å². The minimum atomic E-state index is 0.147. The van der Waals surface area contributed by atoms with Crippen molar-refractivity contribution >= 4 is 33.6 Å². The van der Waals surface area contributed by atoms with Gasteiger partial charge in [0.15, 0.2) is 5.01 Å². The lowest BCUT2D eigenvalue weighted by atomic mass is 9.73. The fourth-order valence-corrected chi connectivity index (χ4v) is 5.85. The molecule has 2 aliphatic heterocycles. The molecule has 0 bridgehead atoms. The van der Waals surface area contributed by atoms with Gasteiger partial charge in [-0.15, -0.1) is 10.2 Å². The Labute approximate surface area is 212 Å². The van der Waals surface area contributed by atoms with Crippen LogP contribution in [0.2, 0.25) is 0 Å². The molecule has 2 aliphatic rings. The van der Waals surface area contributed by atoms with Crippen molar-refractivity contribution in [1.82, 2.24) is 29.7 Å². The van der Waals surface area contributed by atoms with E-state index >= 15 is 0 Å². The number of anilines is 2. The molecule has 0 atom stereocenters. The first kappa shape index (κ1) is 22.4. The van der Waals surface area contributed by atoms with E-state index in [-0.39, 0.29) is 17.4 Å². The van der Waals surface area contributed by atoms with Crippen LogP contribution >= 0.6 is 11.3 Å². The molecule has 1 spiro atoms. The third-order valence-corrected chi connectivity index (χ3v) is 7.72. The van der Waals surface area contributed by atoms with Crippen LogP contribution in [-0.4, -0.2) is 67.8 Å². The van der Waals surface area contributed by atoms with E-state index in [1.54, 1.807) is 29.0 Å². The number of rotatable bonds is 5. The van der Waals surface area contributed by atoms with E-state index in [1.807, 2.05) is 35.4 Å². The van der Waals surface area contributed by atoms with Gasteiger partial charge in [-0.3, -0.25) is 9.78 Å². The predicted molar refractivity (Wildman–Crippen MR) is 138 cm³/mol. The number of carbonyl (C=O) groups is 1. The van der Waals surface area contributed by atoms with Crippen molar-refractivity contribution in [3.63, 3.8) is 0 Å². The molecule has 2 fully saturated rings. The normalized spacial score (nSPS) is 16.2. The Morgan fingerprint density at radius 3 is 2.69 bits per heavy atom. The van der Waals surface area contributed by atoms with E-state index in [9.17, 15) is 4.79 Å². The predicted octanol–water partition coefficient (Wildman–Crippen LogP) is 3.28. The van der Waals surface area contributed by atoms with Gasteiger partial charge in [-0.2, -0.15) is 10.4 Å². The Morgan fingerprint density at radius 2 is 1.97 bits per heavy atom. The van der Waals surface area contributed by atoms with Crippen molar-refractivity contribution in [3.8, 4) is 28.0 Å². The summed E-state index contributed by atoms with van der Waals surface area (Å²) in [5.41, 5.74) is 5.02. The summed E-state index contributed by atoms with van der Waals surface area (Å²) in [7, 11) is 0. The molecule has 6 rings (SSSR count). The van der Waals surface area contributed by atoms with E-state index in [4.69, 9.17) is 10.2 Å². The van der Waals surface area contributed by atoms with Crippen molar-refractivity contribution in [2.45, 2.75) is 26.8 Å². The van der Waals surface area contributed by atoms with E-state index in [1.165, 1.54) is 0 Å². The second kappa shape index (κ2) is 8.27. The van der Waals surface area contributed by atoms with Gasteiger partial charge in [-0.1, -0.05) is 11.3 Å². The molecule has 6 heterocycles. The van der Waals surface area contributed by atoms with E-state index in [0.717, 1.165) is 64.5 Å². The highest BCUT2D eigenvalue weighted by Crippen LogP contribution is 2.44. The van der Waals surface area contributed by atoms with E-state index in [2.05, 4.69) is 45.4 Å². The molecule has 4 aromatic heterocycles. The Bertz CT molecular complexity index is 1520. The highest BCUT2D eigenvalue weighted by Gasteiger charge is 2.53. The number of nitrogens with one attached hydrogen (secondary N) is 1. The average Bonchev–Trinajstić information content (AvgIpc) is 3.43. The summed E-state index contributed by atoms with van der Waals surface area (Å²) in [6.45, 7) is 9.29. The van der Waals surface area contributed by atoms with Crippen molar-refractivity contribution in [2.24, 2.45) is 5.41 Å². The molecule has 2 saturated heterocycles. The standard InChI is InChI=1S/C25H25N9OS/c1-15(2)29-20-7-21(22-5-4-18-6-17(8-26)9-28-34(18)22)27-10-19(20)23-30-31-24(36-23)33-13-25(14-33)11-32(12-25)16(3)35/h4-7,9-10,15H,11-14H2,1-3H3,(H,27,29). The van der Waals surface area contributed by atoms with Crippen LogP contribution in [0.1, 0.15) is 26.3 Å². The Morgan fingerprint density at radius 1 is 1.17 bits per heavy atom. The number of fused-ring (bicyclic) bond motifs is 1. The zero-order valence-electron chi connectivity index (χ0n) is 20.3. The lowest BCUT2D eigenvalue weighted by molar-refractivity contribution is -0.142. The van der Waals surface area contributed by atoms with Gasteiger partial charge in [0.05, 0.1) is 34.2 Å². The van der Waals surface area contributed by atoms with Crippen molar-refractivity contribution in [1.29, 1.82) is 5.26 Å². The SMILES string of the molecule is CC(=O)N1CC2(C1)CN(c1nnc(-c3cnc(-c4ccc5cc(C#N)cnn45)cc3NC(C)C)s1)C2. The van der Waals surface area contributed by atoms with Crippen molar-refractivity contribution < 1.29 is 4.79 Å². The van der Waals surface area contributed by atoms with Gasteiger partial charge in [-0.25, -0.2) is 4.52 Å². The van der Waals surface area contributed by atoms with Crippen LogP contribution in [0, 0.1) is 16.7 Å². The second-order valence-corrected chi connectivity index (χ2v) is 10.9. The number of amides is 1. The molecule has 0 aromatic carbocycles. The number of carbonyl (C=O) groups excluding carboxylic acids is 1. The molecule has 0 aliphatic carbocycles. The molecule has 0 unspecified atom stereocenters. The molecule has 36 heavy (non-hydrogen) atoms. The first-order chi connectivity index (χ1) is 17.3. The first-order valence-corrected chi connectivity index (χ1v) is 12.6. The molecule has 4 aromatic rings. The monoisotopic (exact) mass is 499 g/mol. The summed E-state index contributed by atoms with van der Waals surface area (Å²) in [6, 6.07) is 10.1. The van der Waals surface area contributed by atoms with Crippen LogP contribution in [-0.2, 0) is 4.79 Å². The summed E-state index contributed by atoms with van der Waals surface area (Å²) in [5, 5.41) is 27.8. The maximum Gasteiger partial charge on any atom is 0.219 e. The fraction of sp³-hybridized carbons (Fsp3) is 0.360. The molecule has 0 saturated carbocycles. The van der Waals surface area contributed by atoms with Crippen molar-refractivity contribution in [2.75, 3.05) is 36.4 Å². The average molecular weight is 500 g/mol. The molecule has 0 radical (unpaired) electrons. The minimum absolute atomic E-state index is 0.147. The molecule has 10 nitrogen and oxygen atoms in total. The van der Waals surface area contributed by atoms with Gasteiger partial charge < -0.3 is 15.1 Å². The molecular formula is C25H25N9OS. The number of nitriles is 1. The summed E-state index contributed by atoms with van der Waals surface area (Å²) in [5.74, 6) is 0.147. The third kappa shape index (κ3) is 3.74. The number of nitrogens with zero attached hydrogens (tertiary/aromatic N) is 8. The van der Waals surface area contributed by atoms with Gasteiger partial charge in [0.1, 0.15) is 6.07 Å². The van der Waals surface area contributed by atoms with E-state index < -0.39 is 0 Å². The Kier molecular flexibility index (Phi) is 5.15. The van der Waals surface area contributed by atoms with Crippen LogP contribution in [0.3, 0.4) is 0 Å². The molecule has 11 heteroatoms. The number of aromatic nitrogens is 5. The largest absolute Gasteiger partial charge is 0.382 e. The van der Waals surface area contributed by atoms with Gasteiger partial charge >= 0.3 is 0 Å². The zero-order chi connectivity index (χ0) is 25.0. The molecule has 182 valence electrons. The Balaban J connectivity index is 1.27. The van der Waals surface area contributed by atoms with Crippen LogP contribution in [0.15, 0.2) is 36.7 Å². The molecule has 1 amide bonds. The number of hydrogen-bond acceptors (Lipinski definition) is 9. The quantitative estimate of drug-likeness (QED) is 0.445.